The van der Waals surface area contributed by atoms with Gasteiger partial charge in [-0.15, -0.1) is 19.7 Å². The Kier molecular flexibility index (Phi) is 9.08. The van der Waals surface area contributed by atoms with Crippen molar-refractivity contribution in [3.05, 3.63) is 38.0 Å². The normalized spacial score (nSPS) is 10.7. The Morgan fingerprint density at radius 2 is 2.00 bits per heavy atom. The molecule has 0 aromatic carbocycles. The molecule has 3 nitrogen and oxygen atoms in total. The van der Waals surface area contributed by atoms with Crippen molar-refractivity contribution in [2.24, 2.45) is 4.99 Å². The minimum absolute atomic E-state index is 0.622. The first kappa shape index (κ1) is 14.5. The maximum Gasteiger partial charge on any atom is 0.194 e. The van der Waals surface area contributed by atoms with Crippen LogP contribution in [0.15, 0.2) is 43.0 Å². The maximum absolute atomic E-state index is 4.44. The molecule has 16 heavy (non-hydrogen) atoms. The van der Waals surface area contributed by atoms with Crippen molar-refractivity contribution in [2.75, 3.05) is 26.2 Å². The highest BCUT2D eigenvalue weighted by molar-refractivity contribution is 5.80. The summed E-state index contributed by atoms with van der Waals surface area (Å²) in [5, 5.41) is 3.24. The van der Waals surface area contributed by atoms with E-state index in [1.807, 2.05) is 12.2 Å². The highest BCUT2D eigenvalue weighted by Crippen LogP contribution is 1.94. The van der Waals surface area contributed by atoms with Crippen molar-refractivity contribution < 1.29 is 0 Å². The molecule has 0 saturated heterocycles. The van der Waals surface area contributed by atoms with E-state index >= 15 is 0 Å². The second-order valence-corrected chi connectivity index (χ2v) is 3.36. The molecule has 0 fully saturated rings. The number of guanidine groups is 1. The molecule has 1 N–H and O–H groups in total. The van der Waals surface area contributed by atoms with Crippen LogP contribution in [0.3, 0.4) is 0 Å². The molecule has 0 bridgehead atoms. The Balaban J connectivity index is 4.56. The largest absolute Gasteiger partial charge is 0.353 e. The van der Waals surface area contributed by atoms with E-state index in [-0.39, 0.29) is 0 Å². The molecule has 0 atom stereocenters. The molecule has 0 aromatic rings. The van der Waals surface area contributed by atoms with Crippen molar-refractivity contribution in [1.82, 2.24) is 10.2 Å². The fourth-order valence-corrected chi connectivity index (χ4v) is 1.29. The molecule has 0 aliphatic heterocycles. The van der Waals surface area contributed by atoms with Gasteiger partial charge in [0.25, 0.3) is 0 Å². The first-order valence-corrected chi connectivity index (χ1v) is 5.66. The zero-order chi connectivity index (χ0) is 12.2. The smallest absolute Gasteiger partial charge is 0.194 e. The first-order chi connectivity index (χ1) is 7.79. The van der Waals surface area contributed by atoms with Gasteiger partial charge in [0.1, 0.15) is 0 Å². The second kappa shape index (κ2) is 10.0. The molecule has 0 amide bonds. The third-order valence-corrected chi connectivity index (χ3v) is 1.92. The van der Waals surface area contributed by atoms with Gasteiger partial charge < -0.3 is 10.2 Å². The molecular formula is C13H23N3. The summed E-state index contributed by atoms with van der Waals surface area (Å²) in [6.07, 6.45) is 6.57. The summed E-state index contributed by atoms with van der Waals surface area (Å²) < 4.78 is 0. The van der Waals surface area contributed by atoms with Gasteiger partial charge >= 0.3 is 0 Å². The Bertz CT molecular complexity index is 244. The molecule has 0 saturated carbocycles. The van der Waals surface area contributed by atoms with Crippen LogP contribution in [0.1, 0.15) is 13.3 Å². The average molecular weight is 221 g/mol. The summed E-state index contributed by atoms with van der Waals surface area (Å²) in [5.74, 6) is 0.890. The summed E-state index contributed by atoms with van der Waals surface area (Å²) in [4.78, 5) is 6.60. The lowest BCUT2D eigenvalue weighted by Gasteiger charge is -2.24. The molecule has 0 aliphatic carbocycles. The molecule has 0 aromatic heterocycles. The lowest BCUT2D eigenvalue weighted by molar-refractivity contribution is 0.442. The van der Waals surface area contributed by atoms with Gasteiger partial charge in [-0.05, 0) is 6.42 Å². The third kappa shape index (κ3) is 6.06. The van der Waals surface area contributed by atoms with Crippen molar-refractivity contribution >= 4 is 5.96 Å². The molecule has 0 radical (unpaired) electrons. The van der Waals surface area contributed by atoms with Crippen molar-refractivity contribution in [3.8, 4) is 0 Å². The standard InChI is InChI=1S/C13H23N3/c1-5-9-14-13(15-10-6-2)16(11-7-3)12-8-4/h5-7H,1-3,8-12H2,4H3,(H,14,15). The summed E-state index contributed by atoms with van der Waals surface area (Å²) in [6, 6.07) is 0. The second-order valence-electron chi connectivity index (χ2n) is 3.36. The fourth-order valence-electron chi connectivity index (χ4n) is 1.29. The molecule has 90 valence electrons. The number of hydrogen-bond donors (Lipinski definition) is 1. The molecule has 0 heterocycles. The van der Waals surface area contributed by atoms with Crippen molar-refractivity contribution in [3.63, 3.8) is 0 Å². The van der Waals surface area contributed by atoms with Gasteiger partial charge in [0.15, 0.2) is 5.96 Å². The highest BCUT2D eigenvalue weighted by Gasteiger charge is 2.06. The Hall–Kier alpha value is -1.51. The summed E-state index contributed by atoms with van der Waals surface area (Å²) in [5.41, 5.74) is 0. The molecule has 3 heteroatoms. The molecule has 0 unspecified atom stereocenters. The number of nitrogens with zero attached hydrogens (tertiary/aromatic N) is 2. The van der Waals surface area contributed by atoms with E-state index in [1.54, 1.807) is 6.08 Å². The van der Waals surface area contributed by atoms with Crippen molar-refractivity contribution in [1.29, 1.82) is 0 Å². The van der Waals surface area contributed by atoms with Gasteiger partial charge in [-0.3, -0.25) is 0 Å². The number of hydrogen-bond acceptors (Lipinski definition) is 1. The summed E-state index contributed by atoms with van der Waals surface area (Å²) in [6.45, 7) is 16.4. The number of rotatable bonds is 8. The van der Waals surface area contributed by atoms with Crippen LogP contribution in [0.4, 0.5) is 0 Å². The molecule has 0 spiro atoms. The molecule has 0 rings (SSSR count). The number of aliphatic imine (C=N–C) groups is 1. The van der Waals surface area contributed by atoms with Crippen LogP contribution >= 0.6 is 0 Å². The monoisotopic (exact) mass is 221 g/mol. The summed E-state index contributed by atoms with van der Waals surface area (Å²) >= 11 is 0. The van der Waals surface area contributed by atoms with Gasteiger partial charge in [-0.2, -0.15) is 0 Å². The van der Waals surface area contributed by atoms with Crippen LogP contribution in [0.2, 0.25) is 0 Å². The average Bonchev–Trinajstić information content (AvgIpc) is 2.29. The summed E-state index contributed by atoms with van der Waals surface area (Å²) in [7, 11) is 0. The predicted octanol–water partition coefficient (Wildman–Crippen LogP) is 2.20. The van der Waals surface area contributed by atoms with E-state index in [0.29, 0.717) is 13.1 Å². The van der Waals surface area contributed by atoms with E-state index in [9.17, 15) is 0 Å². The topological polar surface area (TPSA) is 27.6 Å². The zero-order valence-corrected chi connectivity index (χ0v) is 10.3. The Morgan fingerprint density at radius 3 is 2.50 bits per heavy atom. The van der Waals surface area contributed by atoms with Gasteiger partial charge in [0.05, 0.1) is 6.54 Å². The minimum atomic E-state index is 0.622. The third-order valence-electron chi connectivity index (χ3n) is 1.92. The Labute approximate surface area is 99.3 Å². The maximum atomic E-state index is 4.44. The first-order valence-electron chi connectivity index (χ1n) is 5.66. The van der Waals surface area contributed by atoms with Crippen molar-refractivity contribution in [2.45, 2.75) is 13.3 Å². The van der Waals surface area contributed by atoms with Crippen LogP contribution < -0.4 is 5.32 Å². The minimum Gasteiger partial charge on any atom is -0.353 e. The Morgan fingerprint density at radius 1 is 1.25 bits per heavy atom. The van der Waals surface area contributed by atoms with E-state index in [0.717, 1.165) is 25.5 Å². The van der Waals surface area contributed by atoms with Gasteiger partial charge in [-0.25, -0.2) is 4.99 Å². The van der Waals surface area contributed by atoms with E-state index in [1.165, 1.54) is 0 Å². The van der Waals surface area contributed by atoms with Crippen LogP contribution in [-0.2, 0) is 0 Å². The van der Waals surface area contributed by atoms with E-state index in [2.05, 4.69) is 41.9 Å². The van der Waals surface area contributed by atoms with Crippen LogP contribution in [0, 0.1) is 0 Å². The zero-order valence-electron chi connectivity index (χ0n) is 10.3. The van der Waals surface area contributed by atoms with E-state index < -0.39 is 0 Å². The van der Waals surface area contributed by atoms with Gasteiger partial charge in [-0.1, -0.05) is 25.2 Å². The van der Waals surface area contributed by atoms with Crippen LogP contribution in [0.25, 0.3) is 0 Å². The predicted molar refractivity (Wildman–Crippen MR) is 72.8 cm³/mol. The molecule has 0 aliphatic rings. The van der Waals surface area contributed by atoms with Gasteiger partial charge in [0, 0.05) is 19.6 Å². The quantitative estimate of drug-likeness (QED) is 0.386. The van der Waals surface area contributed by atoms with Crippen LogP contribution in [0.5, 0.6) is 0 Å². The highest BCUT2D eigenvalue weighted by atomic mass is 15.3. The fraction of sp³-hybridized carbons (Fsp3) is 0.462. The number of nitrogens with one attached hydrogen (secondary N) is 1. The lowest BCUT2D eigenvalue weighted by Crippen LogP contribution is -2.42. The lowest BCUT2D eigenvalue weighted by atomic mass is 10.4. The van der Waals surface area contributed by atoms with E-state index in [4.69, 9.17) is 0 Å². The van der Waals surface area contributed by atoms with Gasteiger partial charge in [0.2, 0.25) is 0 Å². The SMILES string of the molecule is C=CCN=C(NCC=C)N(CC=C)CCC. The molecular weight excluding hydrogens is 198 g/mol. The van der Waals surface area contributed by atoms with Crippen LogP contribution in [-0.4, -0.2) is 37.0 Å².